The van der Waals surface area contributed by atoms with Gasteiger partial charge in [0.25, 0.3) is 0 Å². The Kier molecular flexibility index (Phi) is 102. The fourth-order valence-electron chi connectivity index (χ4n) is 0. The quantitative estimate of drug-likeness (QED) is 0.524. The molecule has 0 aromatic carbocycles. The van der Waals surface area contributed by atoms with E-state index in [9.17, 15) is 0 Å². The molecular formula is HLiMnOW. The second-order valence-electron chi connectivity index (χ2n) is 0. The second kappa shape index (κ2) is 23.2. The van der Waals surface area contributed by atoms with Gasteiger partial charge < -0.3 is 0 Å². The minimum atomic E-state index is 0. The Morgan fingerprint density at radius 1 is 1.25 bits per heavy atom. The Labute approximate surface area is 58.8 Å². The van der Waals surface area contributed by atoms with Crippen LogP contribution >= 0.6 is 0 Å². The predicted molar refractivity (Wildman–Crippen MR) is 7.84 cm³/mol. The van der Waals surface area contributed by atoms with Crippen LogP contribution in [0.4, 0.5) is 0 Å². The molecular weight excluding hydrogens is 262 g/mol. The summed E-state index contributed by atoms with van der Waals surface area (Å²) in [6, 6.07) is 0. The number of hydrogen-bond donors (Lipinski definition) is 0. The Balaban J connectivity index is -0.00000000500. The third kappa shape index (κ3) is 9.50. The molecule has 0 spiro atoms. The molecule has 0 saturated heterocycles. The molecule has 0 rings (SSSR count). The van der Waals surface area contributed by atoms with Crippen LogP contribution in [0.1, 0.15) is 0 Å². The van der Waals surface area contributed by atoms with Crippen LogP contribution in [0.25, 0.3) is 0 Å². The molecule has 1 nitrogen and oxygen atoms in total. The molecule has 4 heavy (non-hydrogen) atoms. The van der Waals surface area contributed by atoms with Crippen LogP contribution in [-0.2, 0) is 40.2 Å². The van der Waals surface area contributed by atoms with E-state index < -0.39 is 0 Å². The molecule has 0 fully saturated rings. The molecule has 0 atom stereocenters. The summed E-state index contributed by atoms with van der Waals surface area (Å²) in [5, 5.41) is 0. The third-order valence-corrected chi connectivity index (χ3v) is 0. The van der Waals surface area contributed by atoms with Crippen molar-refractivity contribution in [3.63, 3.8) is 0 Å². The van der Waals surface area contributed by atoms with Crippen molar-refractivity contribution in [1.29, 1.82) is 0 Å². The van der Waals surface area contributed by atoms with Gasteiger partial charge in [-0.15, -0.1) is 0 Å². The molecule has 0 aliphatic rings. The van der Waals surface area contributed by atoms with Gasteiger partial charge >= 0.3 is 42.0 Å². The van der Waals surface area contributed by atoms with Crippen LogP contribution in [0.2, 0.25) is 0 Å². The zero-order chi connectivity index (χ0) is 2.00. The molecule has 0 amide bonds. The van der Waals surface area contributed by atoms with E-state index >= 15 is 0 Å². The fraction of sp³-hybridized carbons (Fsp3) is 0. The molecule has 0 heterocycles. The first kappa shape index (κ1) is 17.5. The first-order valence-electron chi connectivity index (χ1n) is 0.167. The van der Waals surface area contributed by atoms with Crippen molar-refractivity contribution in [3.05, 3.63) is 0 Å². The van der Waals surface area contributed by atoms with Gasteiger partial charge in [-0.05, 0) is 0 Å². The summed E-state index contributed by atoms with van der Waals surface area (Å²) in [6.45, 7) is 0. The Bertz CT molecular complexity index is 8.00. The Hall–Kier alpha value is 1.61. The second-order valence-corrected chi connectivity index (χ2v) is 0. The van der Waals surface area contributed by atoms with Gasteiger partial charge in [-0.25, -0.2) is 0 Å². The van der Waals surface area contributed by atoms with Gasteiger partial charge in [0.15, 0.2) is 0 Å². The summed E-state index contributed by atoms with van der Waals surface area (Å²) >= 11 is 0.333. The summed E-state index contributed by atoms with van der Waals surface area (Å²) in [5.74, 6) is 0. The molecule has 0 bridgehead atoms. The van der Waals surface area contributed by atoms with E-state index in [0.29, 0.717) is 19.8 Å². The van der Waals surface area contributed by atoms with E-state index in [2.05, 4.69) is 0 Å². The summed E-state index contributed by atoms with van der Waals surface area (Å²) in [5.41, 5.74) is 0. The summed E-state index contributed by atoms with van der Waals surface area (Å²) in [7, 11) is 0. The van der Waals surface area contributed by atoms with Crippen LogP contribution in [0, 0.1) is 0 Å². The maximum absolute atomic E-state index is 8.33. The van der Waals surface area contributed by atoms with Crippen molar-refractivity contribution in [3.8, 4) is 0 Å². The van der Waals surface area contributed by atoms with Gasteiger partial charge in [0.05, 0.1) is 0 Å². The summed E-state index contributed by atoms with van der Waals surface area (Å²) < 4.78 is 8.33. The Morgan fingerprint density at radius 2 is 1.25 bits per heavy atom. The van der Waals surface area contributed by atoms with Gasteiger partial charge in [-0.1, -0.05) is 0 Å². The average molecular weight is 263 g/mol. The molecule has 4 heteroatoms. The topological polar surface area (TPSA) is 17.1 Å². The first-order chi connectivity index (χ1) is 1.00. The molecule has 21 valence electrons. The van der Waals surface area contributed by atoms with Crippen molar-refractivity contribution < 1.29 is 40.2 Å². The standard InChI is InChI=1S/Li.Mn.O.W.H. The number of hydrogen-bond acceptors (Lipinski definition) is 1. The molecule has 0 aliphatic heterocycles. The van der Waals surface area contributed by atoms with Crippen LogP contribution in [-0.4, -0.2) is 18.9 Å². The summed E-state index contributed by atoms with van der Waals surface area (Å²) in [4.78, 5) is 0. The van der Waals surface area contributed by atoms with Gasteiger partial charge in [-0.3, -0.25) is 0 Å². The van der Waals surface area contributed by atoms with E-state index in [1.807, 2.05) is 0 Å². The van der Waals surface area contributed by atoms with Crippen molar-refractivity contribution in [2.45, 2.75) is 0 Å². The predicted octanol–water partition coefficient (Wildman–Crippen LogP) is -0.772. The van der Waals surface area contributed by atoms with E-state index in [0.717, 1.165) is 0 Å². The molecule has 0 saturated carbocycles. The van der Waals surface area contributed by atoms with Crippen LogP contribution in [0.5, 0.6) is 0 Å². The van der Waals surface area contributed by atoms with Crippen LogP contribution in [0.15, 0.2) is 0 Å². The van der Waals surface area contributed by atoms with Gasteiger partial charge in [0.2, 0.25) is 0 Å². The number of rotatable bonds is 0. The average Bonchev–Trinajstić information content (AvgIpc) is 1.00. The monoisotopic (exact) mass is 263 g/mol. The van der Waals surface area contributed by atoms with Gasteiger partial charge in [0.1, 0.15) is 0 Å². The van der Waals surface area contributed by atoms with E-state index in [4.69, 9.17) is 3.40 Å². The maximum atomic E-state index is 8.33. The molecule has 0 unspecified atom stereocenters. The van der Waals surface area contributed by atoms with Crippen LogP contribution < -0.4 is 0 Å². The first-order valence-corrected chi connectivity index (χ1v) is 1.36. The van der Waals surface area contributed by atoms with Crippen molar-refractivity contribution >= 4 is 18.9 Å². The third-order valence-electron chi connectivity index (χ3n) is 0. The minimum absolute atomic E-state index is 0. The van der Waals surface area contributed by atoms with E-state index in [1.165, 1.54) is 0 Å². The zero-order valence-corrected chi connectivity index (χ0v) is 5.31. The molecule has 0 aromatic heterocycles. The fourth-order valence-corrected chi connectivity index (χ4v) is 0. The molecule has 0 aromatic rings. The van der Waals surface area contributed by atoms with Crippen molar-refractivity contribution in [2.75, 3.05) is 0 Å². The normalized spacial score (nSPS) is 1.00. The molecule has 1 radical (unpaired) electrons. The van der Waals surface area contributed by atoms with Gasteiger partial charge in [-0.2, -0.15) is 0 Å². The van der Waals surface area contributed by atoms with E-state index in [1.54, 1.807) is 0 Å². The van der Waals surface area contributed by atoms with Gasteiger partial charge in [0, 0.05) is 17.1 Å². The summed E-state index contributed by atoms with van der Waals surface area (Å²) in [6.07, 6.45) is 0. The molecule has 0 aliphatic carbocycles. The van der Waals surface area contributed by atoms with Crippen molar-refractivity contribution in [2.24, 2.45) is 0 Å². The molecule has 0 N–H and O–H groups in total. The SMILES string of the molecule is [LiH].[Mn].[O]=[W]. The van der Waals surface area contributed by atoms with E-state index in [-0.39, 0.29) is 35.9 Å². The zero-order valence-electron chi connectivity index (χ0n) is 1.19. The Morgan fingerprint density at radius 3 is 1.25 bits per heavy atom. The van der Waals surface area contributed by atoms with Crippen LogP contribution in [0.3, 0.4) is 0 Å². The van der Waals surface area contributed by atoms with Crippen molar-refractivity contribution in [1.82, 2.24) is 0 Å².